The van der Waals surface area contributed by atoms with Gasteiger partial charge in [-0.3, -0.25) is 4.79 Å². The van der Waals surface area contributed by atoms with Crippen LogP contribution in [0.25, 0.3) is 0 Å². The number of thioether (sulfide) groups is 1. The molecular formula is C14H13BrOS2. The third-order valence-electron chi connectivity index (χ3n) is 2.50. The Morgan fingerprint density at radius 3 is 2.83 bits per heavy atom. The highest BCUT2D eigenvalue weighted by Crippen LogP contribution is 2.27. The first-order valence-electron chi connectivity index (χ1n) is 5.66. The van der Waals surface area contributed by atoms with E-state index in [9.17, 15) is 4.79 Å². The number of hydrogen-bond acceptors (Lipinski definition) is 3. The summed E-state index contributed by atoms with van der Waals surface area (Å²) in [5.41, 5.74) is 1.26. The van der Waals surface area contributed by atoms with Crippen molar-refractivity contribution in [3.8, 4) is 0 Å². The minimum Gasteiger partial charge on any atom is -0.299 e. The molecule has 0 radical (unpaired) electrons. The molecule has 0 spiro atoms. The van der Waals surface area contributed by atoms with Gasteiger partial charge in [0.2, 0.25) is 0 Å². The number of carbonyl (C=O) groups is 1. The first-order valence-corrected chi connectivity index (χ1v) is 8.38. The average Bonchev–Trinajstić information content (AvgIpc) is 2.88. The van der Waals surface area contributed by atoms with Gasteiger partial charge in [-0.1, -0.05) is 12.1 Å². The Morgan fingerprint density at radius 1 is 1.28 bits per heavy atom. The van der Waals surface area contributed by atoms with Crippen LogP contribution in [0, 0.1) is 0 Å². The zero-order valence-corrected chi connectivity index (χ0v) is 13.0. The SMILES string of the molecule is O=C(CCc1ccsc1)CSc1ccccc1Br. The van der Waals surface area contributed by atoms with Gasteiger partial charge in [-0.2, -0.15) is 11.3 Å². The molecule has 0 amide bonds. The summed E-state index contributed by atoms with van der Waals surface area (Å²) < 4.78 is 1.06. The smallest absolute Gasteiger partial charge is 0.143 e. The van der Waals surface area contributed by atoms with E-state index in [1.165, 1.54) is 5.56 Å². The Bertz CT molecular complexity index is 508. The first-order chi connectivity index (χ1) is 8.75. The Hall–Kier alpha value is -0.580. The molecule has 18 heavy (non-hydrogen) atoms. The largest absolute Gasteiger partial charge is 0.299 e. The molecule has 2 rings (SSSR count). The van der Waals surface area contributed by atoms with Crippen LogP contribution in [0.15, 0.2) is 50.5 Å². The van der Waals surface area contributed by atoms with E-state index in [-0.39, 0.29) is 0 Å². The zero-order chi connectivity index (χ0) is 12.8. The molecule has 1 aromatic heterocycles. The van der Waals surface area contributed by atoms with Crippen molar-refractivity contribution in [2.75, 3.05) is 5.75 Å². The Labute approximate surface area is 124 Å². The third kappa shape index (κ3) is 4.26. The lowest BCUT2D eigenvalue weighted by molar-refractivity contribution is -0.116. The number of aryl methyl sites for hydroxylation is 1. The molecule has 0 unspecified atom stereocenters. The Morgan fingerprint density at radius 2 is 2.11 bits per heavy atom. The monoisotopic (exact) mass is 340 g/mol. The van der Waals surface area contributed by atoms with Gasteiger partial charge in [-0.15, -0.1) is 11.8 Å². The van der Waals surface area contributed by atoms with Crippen LogP contribution in [-0.4, -0.2) is 11.5 Å². The number of carbonyl (C=O) groups excluding carboxylic acids is 1. The van der Waals surface area contributed by atoms with Crippen LogP contribution in [0.4, 0.5) is 0 Å². The van der Waals surface area contributed by atoms with Crippen molar-refractivity contribution in [2.45, 2.75) is 17.7 Å². The lowest BCUT2D eigenvalue weighted by Crippen LogP contribution is -2.02. The number of thiophene rings is 1. The number of Topliss-reactive ketones (excluding diaryl/α,β-unsaturated/α-hetero) is 1. The number of hydrogen-bond donors (Lipinski definition) is 0. The fourth-order valence-electron chi connectivity index (χ4n) is 1.51. The quantitative estimate of drug-likeness (QED) is 0.702. The summed E-state index contributed by atoms with van der Waals surface area (Å²) in [5, 5.41) is 4.16. The molecule has 0 N–H and O–H groups in total. The zero-order valence-electron chi connectivity index (χ0n) is 9.77. The van der Waals surface area contributed by atoms with Gasteiger partial charge in [0.15, 0.2) is 0 Å². The molecule has 1 aromatic carbocycles. The van der Waals surface area contributed by atoms with Crippen molar-refractivity contribution in [3.05, 3.63) is 51.1 Å². The van der Waals surface area contributed by atoms with Crippen molar-refractivity contribution in [1.82, 2.24) is 0 Å². The molecule has 0 aliphatic carbocycles. The Balaban J connectivity index is 1.77. The molecule has 2 aromatic rings. The van der Waals surface area contributed by atoms with E-state index in [1.807, 2.05) is 24.3 Å². The van der Waals surface area contributed by atoms with Crippen LogP contribution in [0.3, 0.4) is 0 Å². The highest BCUT2D eigenvalue weighted by Gasteiger charge is 2.06. The number of benzene rings is 1. The van der Waals surface area contributed by atoms with E-state index in [0.29, 0.717) is 18.0 Å². The standard InChI is InChI=1S/C14H13BrOS2/c15-13-3-1-2-4-14(13)18-10-12(16)6-5-11-7-8-17-9-11/h1-4,7-9H,5-6,10H2. The van der Waals surface area contributed by atoms with Crippen LogP contribution in [0.1, 0.15) is 12.0 Å². The molecule has 0 saturated carbocycles. The van der Waals surface area contributed by atoms with Crippen LogP contribution in [-0.2, 0) is 11.2 Å². The molecule has 1 nitrogen and oxygen atoms in total. The van der Waals surface area contributed by atoms with E-state index >= 15 is 0 Å². The molecule has 0 saturated heterocycles. The van der Waals surface area contributed by atoms with Gasteiger partial charge in [0, 0.05) is 15.8 Å². The number of halogens is 1. The highest BCUT2D eigenvalue weighted by molar-refractivity contribution is 9.10. The van der Waals surface area contributed by atoms with Gasteiger partial charge >= 0.3 is 0 Å². The predicted octanol–water partition coefficient (Wildman–Crippen LogP) is 4.80. The van der Waals surface area contributed by atoms with Gasteiger partial charge in [-0.25, -0.2) is 0 Å². The van der Waals surface area contributed by atoms with Gasteiger partial charge in [-0.05, 0) is 56.9 Å². The second-order valence-electron chi connectivity index (χ2n) is 3.89. The highest BCUT2D eigenvalue weighted by atomic mass is 79.9. The third-order valence-corrected chi connectivity index (χ3v) is 5.32. The number of ketones is 1. The van der Waals surface area contributed by atoms with Gasteiger partial charge in [0.1, 0.15) is 5.78 Å². The lowest BCUT2D eigenvalue weighted by atomic mass is 10.1. The van der Waals surface area contributed by atoms with Crippen molar-refractivity contribution in [3.63, 3.8) is 0 Å². The first kappa shape index (κ1) is 13.8. The second-order valence-corrected chi connectivity index (χ2v) is 6.54. The lowest BCUT2D eigenvalue weighted by Gasteiger charge is -2.03. The number of rotatable bonds is 6. The fraction of sp³-hybridized carbons (Fsp3) is 0.214. The minimum absolute atomic E-state index is 0.307. The molecule has 94 valence electrons. The summed E-state index contributed by atoms with van der Waals surface area (Å²) in [6, 6.07) is 10.1. The molecule has 1 heterocycles. The summed E-state index contributed by atoms with van der Waals surface area (Å²) in [4.78, 5) is 12.9. The van der Waals surface area contributed by atoms with E-state index < -0.39 is 0 Å². The molecule has 0 fully saturated rings. The van der Waals surface area contributed by atoms with Crippen molar-refractivity contribution < 1.29 is 4.79 Å². The van der Waals surface area contributed by atoms with Crippen LogP contribution < -0.4 is 0 Å². The summed E-state index contributed by atoms with van der Waals surface area (Å²) >= 11 is 6.77. The van der Waals surface area contributed by atoms with E-state index in [1.54, 1.807) is 23.1 Å². The Kier molecular flexibility index (Phi) is 5.47. The van der Waals surface area contributed by atoms with Crippen molar-refractivity contribution in [1.29, 1.82) is 0 Å². The molecule has 0 atom stereocenters. The average molecular weight is 341 g/mol. The summed E-state index contributed by atoms with van der Waals surface area (Å²) in [7, 11) is 0. The topological polar surface area (TPSA) is 17.1 Å². The fourth-order valence-corrected chi connectivity index (χ4v) is 3.68. The van der Waals surface area contributed by atoms with E-state index in [4.69, 9.17) is 0 Å². The summed E-state index contributed by atoms with van der Waals surface area (Å²) in [6.45, 7) is 0. The van der Waals surface area contributed by atoms with Crippen LogP contribution in [0.2, 0.25) is 0 Å². The molecule has 4 heteroatoms. The van der Waals surface area contributed by atoms with Gasteiger partial charge < -0.3 is 0 Å². The molecule has 0 aliphatic heterocycles. The normalized spacial score (nSPS) is 10.5. The molecule has 0 bridgehead atoms. The summed E-state index contributed by atoms with van der Waals surface area (Å²) in [6.07, 6.45) is 1.49. The van der Waals surface area contributed by atoms with Crippen molar-refractivity contribution in [2.24, 2.45) is 0 Å². The second kappa shape index (κ2) is 7.12. The maximum Gasteiger partial charge on any atom is 0.143 e. The molecule has 0 aliphatic rings. The molecular weight excluding hydrogens is 328 g/mol. The van der Waals surface area contributed by atoms with E-state index in [0.717, 1.165) is 15.8 Å². The van der Waals surface area contributed by atoms with Crippen molar-refractivity contribution >= 4 is 44.8 Å². The minimum atomic E-state index is 0.307. The van der Waals surface area contributed by atoms with E-state index in [2.05, 4.69) is 32.8 Å². The van der Waals surface area contributed by atoms with Gasteiger partial charge in [0.05, 0.1) is 5.75 Å². The van der Waals surface area contributed by atoms with Crippen LogP contribution in [0.5, 0.6) is 0 Å². The summed E-state index contributed by atoms with van der Waals surface area (Å²) in [5.74, 6) is 0.856. The van der Waals surface area contributed by atoms with Crippen LogP contribution >= 0.6 is 39.0 Å². The maximum atomic E-state index is 11.8. The maximum absolute atomic E-state index is 11.8. The predicted molar refractivity (Wildman–Crippen MR) is 82.5 cm³/mol. The van der Waals surface area contributed by atoms with Gasteiger partial charge in [0.25, 0.3) is 0 Å².